The highest BCUT2D eigenvalue weighted by atomic mass is 16.6. The van der Waals surface area contributed by atoms with Gasteiger partial charge in [0.05, 0.1) is 12.7 Å². The molecule has 2 aliphatic rings. The number of hydrogen-bond acceptors (Lipinski definition) is 4. The van der Waals surface area contributed by atoms with Crippen molar-refractivity contribution in [2.24, 2.45) is 0 Å². The summed E-state index contributed by atoms with van der Waals surface area (Å²) in [4.78, 5) is 0. The summed E-state index contributed by atoms with van der Waals surface area (Å²) in [5, 5.41) is 19.2. The molecule has 0 radical (unpaired) electrons. The van der Waals surface area contributed by atoms with Crippen LogP contribution in [0.4, 0.5) is 0 Å². The summed E-state index contributed by atoms with van der Waals surface area (Å²) in [5.41, 5.74) is 2.05. The van der Waals surface area contributed by atoms with E-state index in [1.165, 1.54) is 0 Å². The maximum Gasteiger partial charge on any atom is 0.158 e. The summed E-state index contributed by atoms with van der Waals surface area (Å²) in [6.07, 6.45) is 0.876. The van der Waals surface area contributed by atoms with Crippen LogP contribution in [0, 0.1) is 0 Å². The van der Waals surface area contributed by atoms with Gasteiger partial charge in [-0.05, 0) is 18.4 Å². The third kappa shape index (κ3) is 1.70. The van der Waals surface area contributed by atoms with E-state index in [0.29, 0.717) is 13.0 Å². The van der Waals surface area contributed by atoms with E-state index in [4.69, 9.17) is 9.47 Å². The van der Waals surface area contributed by atoms with E-state index in [1.807, 2.05) is 0 Å². The number of aliphatic hydroxyl groups excluding tert-OH is 2. The third-order valence-corrected chi connectivity index (χ3v) is 3.05. The van der Waals surface area contributed by atoms with Crippen LogP contribution in [0.5, 0.6) is 0 Å². The lowest BCUT2D eigenvalue weighted by Gasteiger charge is -2.35. The van der Waals surface area contributed by atoms with Crippen LogP contribution in [-0.4, -0.2) is 42.4 Å². The van der Waals surface area contributed by atoms with E-state index in [2.05, 4.69) is 0 Å². The van der Waals surface area contributed by atoms with Crippen molar-refractivity contribution in [3.8, 4) is 0 Å². The SMILES string of the molecule is CO[C@H]1CCC2=C(CO[C@H](O)C2)C1O. The van der Waals surface area contributed by atoms with Gasteiger partial charge in [0, 0.05) is 13.5 Å². The summed E-state index contributed by atoms with van der Waals surface area (Å²) < 4.78 is 10.3. The lowest BCUT2D eigenvalue weighted by atomic mass is 9.85. The average molecular weight is 200 g/mol. The van der Waals surface area contributed by atoms with Crippen LogP contribution in [0.15, 0.2) is 11.1 Å². The van der Waals surface area contributed by atoms with Crippen LogP contribution in [0.2, 0.25) is 0 Å². The molecule has 1 aliphatic carbocycles. The van der Waals surface area contributed by atoms with Gasteiger partial charge in [-0.15, -0.1) is 0 Å². The molecule has 0 bridgehead atoms. The molecule has 0 amide bonds. The monoisotopic (exact) mass is 200 g/mol. The fourth-order valence-electron chi connectivity index (χ4n) is 2.19. The first-order chi connectivity index (χ1) is 6.72. The molecule has 80 valence electrons. The Morgan fingerprint density at radius 1 is 1.43 bits per heavy atom. The smallest absolute Gasteiger partial charge is 0.158 e. The Kier molecular flexibility index (Phi) is 2.88. The predicted molar refractivity (Wildman–Crippen MR) is 49.6 cm³/mol. The first-order valence-electron chi connectivity index (χ1n) is 4.93. The van der Waals surface area contributed by atoms with E-state index < -0.39 is 12.4 Å². The van der Waals surface area contributed by atoms with Crippen LogP contribution in [0.3, 0.4) is 0 Å². The molecule has 0 fully saturated rings. The largest absolute Gasteiger partial charge is 0.386 e. The Hall–Kier alpha value is -0.420. The van der Waals surface area contributed by atoms with Gasteiger partial charge in [-0.25, -0.2) is 0 Å². The number of hydrogen-bond donors (Lipinski definition) is 2. The summed E-state index contributed by atoms with van der Waals surface area (Å²) in [5.74, 6) is 0. The van der Waals surface area contributed by atoms with Crippen molar-refractivity contribution in [3.05, 3.63) is 11.1 Å². The number of rotatable bonds is 1. The zero-order chi connectivity index (χ0) is 10.1. The van der Waals surface area contributed by atoms with Crippen molar-refractivity contribution >= 4 is 0 Å². The molecule has 2 N–H and O–H groups in total. The van der Waals surface area contributed by atoms with Gasteiger partial charge in [0.2, 0.25) is 0 Å². The second-order valence-corrected chi connectivity index (χ2v) is 3.86. The minimum atomic E-state index is -0.694. The van der Waals surface area contributed by atoms with Gasteiger partial charge < -0.3 is 19.7 Å². The predicted octanol–water partition coefficient (Wildman–Crippen LogP) is 0.191. The zero-order valence-electron chi connectivity index (χ0n) is 8.27. The molecule has 2 rings (SSSR count). The average Bonchev–Trinajstić information content (AvgIpc) is 2.18. The fraction of sp³-hybridized carbons (Fsp3) is 0.800. The Labute approximate surface area is 83.1 Å². The standard InChI is InChI=1S/C10H16O4/c1-13-8-3-2-6-4-9(11)14-5-7(6)10(8)12/h8-12H,2-5H2,1H3/t8-,9-,10?/m0/s1. The Morgan fingerprint density at radius 2 is 2.21 bits per heavy atom. The molecule has 0 spiro atoms. The molecule has 3 atom stereocenters. The second-order valence-electron chi connectivity index (χ2n) is 3.86. The number of ether oxygens (including phenoxy) is 2. The van der Waals surface area contributed by atoms with Crippen LogP contribution in [-0.2, 0) is 9.47 Å². The van der Waals surface area contributed by atoms with Gasteiger partial charge in [0.1, 0.15) is 6.10 Å². The number of aliphatic hydroxyl groups is 2. The summed E-state index contributed by atoms with van der Waals surface area (Å²) >= 11 is 0. The lowest BCUT2D eigenvalue weighted by molar-refractivity contribution is -0.110. The van der Waals surface area contributed by atoms with Crippen LogP contribution in [0.1, 0.15) is 19.3 Å². The first kappa shape index (κ1) is 10.1. The van der Waals surface area contributed by atoms with E-state index in [-0.39, 0.29) is 6.10 Å². The van der Waals surface area contributed by atoms with E-state index in [9.17, 15) is 10.2 Å². The topological polar surface area (TPSA) is 58.9 Å². The van der Waals surface area contributed by atoms with Crippen molar-refractivity contribution < 1.29 is 19.7 Å². The number of methoxy groups -OCH3 is 1. The maximum absolute atomic E-state index is 9.91. The molecule has 4 heteroatoms. The van der Waals surface area contributed by atoms with Crippen LogP contribution in [0.25, 0.3) is 0 Å². The van der Waals surface area contributed by atoms with Gasteiger partial charge in [-0.3, -0.25) is 0 Å². The maximum atomic E-state index is 9.91. The van der Waals surface area contributed by atoms with E-state index >= 15 is 0 Å². The Morgan fingerprint density at radius 3 is 2.93 bits per heavy atom. The van der Waals surface area contributed by atoms with Crippen LogP contribution < -0.4 is 0 Å². The minimum Gasteiger partial charge on any atom is -0.386 e. The van der Waals surface area contributed by atoms with Crippen molar-refractivity contribution in [1.82, 2.24) is 0 Å². The van der Waals surface area contributed by atoms with E-state index in [1.54, 1.807) is 7.11 Å². The van der Waals surface area contributed by atoms with Gasteiger partial charge >= 0.3 is 0 Å². The summed E-state index contributed by atoms with van der Waals surface area (Å²) in [6, 6.07) is 0. The third-order valence-electron chi connectivity index (χ3n) is 3.05. The summed E-state index contributed by atoms with van der Waals surface area (Å²) in [7, 11) is 1.61. The second kappa shape index (κ2) is 3.98. The van der Waals surface area contributed by atoms with Gasteiger partial charge in [0.25, 0.3) is 0 Å². The minimum absolute atomic E-state index is 0.118. The van der Waals surface area contributed by atoms with E-state index in [0.717, 1.165) is 24.0 Å². The zero-order valence-corrected chi connectivity index (χ0v) is 8.27. The molecule has 14 heavy (non-hydrogen) atoms. The molecule has 1 heterocycles. The molecular formula is C10H16O4. The van der Waals surface area contributed by atoms with Crippen molar-refractivity contribution in [2.45, 2.75) is 37.8 Å². The molecule has 4 nitrogen and oxygen atoms in total. The normalized spacial score (nSPS) is 38.4. The highest BCUT2D eigenvalue weighted by Gasteiger charge is 2.33. The first-order valence-corrected chi connectivity index (χ1v) is 4.93. The van der Waals surface area contributed by atoms with Crippen molar-refractivity contribution in [2.75, 3.05) is 13.7 Å². The van der Waals surface area contributed by atoms with Crippen molar-refractivity contribution in [1.29, 1.82) is 0 Å². The summed E-state index contributed by atoms with van der Waals surface area (Å²) in [6.45, 7) is 0.331. The quantitative estimate of drug-likeness (QED) is 0.593. The Balaban J connectivity index is 2.16. The highest BCUT2D eigenvalue weighted by Crippen LogP contribution is 2.33. The molecule has 0 aromatic rings. The van der Waals surface area contributed by atoms with Crippen LogP contribution >= 0.6 is 0 Å². The van der Waals surface area contributed by atoms with Crippen molar-refractivity contribution in [3.63, 3.8) is 0 Å². The molecule has 1 aliphatic heterocycles. The molecule has 0 aromatic heterocycles. The lowest BCUT2D eigenvalue weighted by Crippen LogP contribution is -2.39. The van der Waals surface area contributed by atoms with Gasteiger partial charge in [-0.1, -0.05) is 5.57 Å². The molecule has 0 saturated heterocycles. The fourth-order valence-corrected chi connectivity index (χ4v) is 2.19. The highest BCUT2D eigenvalue weighted by molar-refractivity contribution is 5.25. The molecular weight excluding hydrogens is 184 g/mol. The van der Waals surface area contributed by atoms with Gasteiger partial charge in [0.15, 0.2) is 6.29 Å². The molecule has 1 unspecified atom stereocenters. The molecule has 0 saturated carbocycles. The molecule has 0 aromatic carbocycles. The van der Waals surface area contributed by atoms with Gasteiger partial charge in [-0.2, -0.15) is 0 Å². The Bertz CT molecular complexity index is 249.